The Bertz CT molecular complexity index is 745. The fourth-order valence-corrected chi connectivity index (χ4v) is 2.27. The molecule has 0 spiro atoms. The second kappa shape index (κ2) is 9.79. The maximum absolute atomic E-state index is 13.9. The smallest absolute Gasteiger partial charge is 0.407 e. The topological polar surface area (TPSA) is 88.0 Å². The molecule has 2 unspecified atom stereocenters. The van der Waals surface area contributed by atoms with Gasteiger partial charge in [0.2, 0.25) is 0 Å². The summed E-state index contributed by atoms with van der Waals surface area (Å²) < 4.78 is 47.8. The molecular formula is C18H18F3NO5. The number of carbonyl (C=O) groups is 1. The van der Waals surface area contributed by atoms with Crippen LogP contribution in [0.3, 0.4) is 0 Å². The van der Waals surface area contributed by atoms with E-state index >= 15 is 0 Å². The van der Waals surface area contributed by atoms with Crippen LogP contribution in [0.15, 0.2) is 48.5 Å². The van der Waals surface area contributed by atoms with E-state index in [1.807, 2.05) is 0 Å². The van der Waals surface area contributed by atoms with Gasteiger partial charge in [-0.1, -0.05) is 36.4 Å². The molecule has 2 rings (SSSR count). The maximum atomic E-state index is 13.9. The Morgan fingerprint density at radius 1 is 1.07 bits per heavy atom. The second-order valence-electron chi connectivity index (χ2n) is 5.48. The summed E-state index contributed by atoms with van der Waals surface area (Å²) in [4.78, 5) is 11.6. The molecule has 9 heteroatoms. The summed E-state index contributed by atoms with van der Waals surface area (Å²) in [7, 11) is 0. The van der Waals surface area contributed by atoms with E-state index in [-0.39, 0.29) is 6.61 Å². The Balaban J connectivity index is 1.92. The van der Waals surface area contributed by atoms with Crippen molar-refractivity contribution in [2.24, 2.45) is 0 Å². The van der Waals surface area contributed by atoms with Crippen LogP contribution in [0, 0.1) is 5.82 Å². The molecule has 2 aromatic carbocycles. The van der Waals surface area contributed by atoms with Gasteiger partial charge in [-0.15, -0.1) is 0 Å². The van der Waals surface area contributed by atoms with Crippen LogP contribution in [-0.4, -0.2) is 35.6 Å². The number of amides is 1. The normalized spacial score (nSPS) is 13.1. The largest absolute Gasteiger partial charge is 0.445 e. The van der Waals surface area contributed by atoms with Crippen LogP contribution in [0.25, 0.3) is 0 Å². The van der Waals surface area contributed by atoms with Gasteiger partial charge in [-0.25, -0.2) is 9.18 Å². The highest BCUT2D eigenvalue weighted by Crippen LogP contribution is 2.31. The number of alkyl halides is 2. The van der Waals surface area contributed by atoms with Crippen molar-refractivity contribution in [3.05, 3.63) is 65.5 Å². The van der Waals surface area contributed by atoms with Gasteiger partial charge in [-0.3, -0.25) is 0 Å². The molecule has 0 saturated carbocycles. The summed E-state index contributed by atoms with van der Waals surface area (Å²) >= 11 is 0. The fraction of sp³-hybridized carbons (Fsp3) is 0.278. The minimum Gasteiger partial charge on any atom is -0.445 e. The summed E-state index contributed by atoms with van der Waals surface area (Å²) in [5, 5.41) is 22.2. The molecule has 0 bridgehead atoms. The molecule has 6 nitrogen and oxygen atoms in total. The van der Waals surface area contributed by atoms with Crippen LogP contribution in [0.1, 0.15) is 17.2 Å². The summed E-state index contributed by atoms with van der Waals surface area (Å²) in [5.41, 5.74) is 0.109. The predicted octanol–water partition coefficient (Wildman–Crippen LogP) is 2.75. The second-order valence-corrected chi connectivity index (χ2v) is 5.48. The fourth-order valence-electron chi connectivity index (χ4n) is 2.27. The summed E-state index contributed by atoms with van der Waals surface area (Å²) in [6.45, 7) is -3.75. The van der Waals surface area contributed by atoms with E-state index in [2.05, 4.69) is 10.1 Å². The van der Waals surface area contributed by atoms with Crippen LogP contribution in [0.2, 0.25) is 0 Å². The average Bonchev–Trinajstić information content (AvgIpc) is 2.64. The number of alkyl carbamates (subject to hydrolysis) is 1. The number of rotatable bonds is 8. The van der Waals surface area contributed by atoms with E-state index in [0.29, 0.717) is 0 Å². The quantitative estimate of drug-likeness (QED) is 0.650. The van der Waals surface area contributed by atoms with Crippen molar-refractivity contribution >= 4 is 6.09 Å². The van der Waals surface area contributed by atoms with E-state index in [4.69, 9.17) is 4.74 Å². The van der Waals surface area contributed by atoms with E-state index in [1.54, 1.807) is 30.3 Å². The predicted molar refractivity (Wildman–Crippen MR) is 88.6 cm³/mol. The molecule has 2 aromatic rings. The standard InChI is InChI=1S/C18H18F3NO5/c19-12-7-4-8-14(27-17(20)21)15(12)16(24)13(23)9-22-18(25)26-10-11-5-2-1-3-6-11/h1-8,13,16-17,23-24H,9-10H2,(H,22,25). The lowest BCUT2D eigenvalue weighted by Crippen LogP contribution is -2.36. The Morgan fingerprint density at radius 2 is 1.78 bits per heavy atom. The molecule has 2 atom stereocenters. The minimum atomic E-state index is -3.24. The highest BCUT2D eigenvalue weighted by molar-refractivity contribution is 5.67. The van der Waals surface area contributed by atoms with Crippen molar-refractivity contribution < 1.29 is 37.7 Å². The first kappa shape index (κ1) is 20.5. The van der Waals surface area contributed by atoms with Gasteiger partial charge in [0.1, 0.15) is 30.4 Å². The third kappa shape index (κ3) is 6.15. The molecule has 0 radical (unpaired) electrons. The Hall–Kier alpha value is -2.78. The number of ether oxygens (including phenoxy) is 2. The zero-order valence-corrected chi connectivity index (χ0v) is 14.0. The third-order valence-corrected chi connectivity index (χ3v) is 3.56. The number of carbonyl (C=O) groups excluding carboxylic acids is 1. The lowest BCUT2D eigenvalue weighted by atomic mass is 10.0. The van der Waals surface area contributed by atoms with Crippen molar-refractivity contribution in [1.29, 1.82) is 0 Å². The average molecular weight is 385 g/mol. The van der Waals surface area contributed by atoms with Gasteiger partial charge < -0.3 is 25.0 Å². The van der Waals surface area contributed by atoms with Crippen LogP contribution in [-0.2, 0) is 11.3 Å². The summed E-state index contributed by atoms with van der Waals surface area (Å²) in [6.07, 6.45) is -4.47. The first-order chi connectivity index (χ1) is 12.9. The molecule has 0 aliphatic carbocycles. The molecule has 27 heavy (non-hydrogen) atoms. The number of hydrogen-bond acceptors (Lipinski definition) is 5. The zero-order chi connectivity index (χ0) is 19.8. The van der Waals surface area contributed by atoms with Crippen molar-refractivity contribution in [3.63, 3.8) is 0 Å². The SMILES string of the molecule is O=C(NCC(O)C(O)c1c(F)cccc1OC(F)F)OCc1ccccc1. The molecular weight excluding hydrogens is 367 g/mol. The van der Waals surface area contributed by atoms with Gasteiger partial charge in [0, 0.05) is 6.54 Å². The molecule has 0 saturated heterocycles. The Kier molecular flexibility index (Phi) is 7.44. The van der Waals surface area contributed by atoms with Crippen molar-refractivity contribution in [1.82, 2.24) is 5.32 Å². The first-order valence-corrected chi connectivity index (χ1v) is 7.92. The van der Waals surface area contributed by atoms with Gasteiger partial charge in [0.25, 0.3) is 0 Å². The van der Waals surface area contributed by atoms with E-state index in [0.717, 1.165) is 23.8 Å². The minimum absolute atomic E-state index is 0.00892. The Morgan fingerprint density at radius 3 is 2.44 bits per heavy atom. The van der Waals surface area contributed by atoms with Crippen LogP contribution < -0.4 is 10.1 Å². The number of benzene rings is 2. The third-order valence-electron chi connectivity index (χ3n) is 3.56. The van der Waals surface area contributed by atoms with Crippen molar-refractivity contribution in [2.75, 3.05) is 6.54 Å². The number of aliphatic hydroxyl groups excluding tert-OH is 2. The molecule has 3 N–H and O–H groups in total. The molecule has 1 amide bonds. The van der Waals surface area contributed by atoms with E-state index in [9.17, 15) is 28.2 Å². The number of hydrogen-bond donors (Lipinski definition) is 3. The lowest BCUT2D eigenvalue weighted by Gasteiger charge is -2.21. The molecule has 146 valence electrons. The van der Waals surface area contributed by atoms with Gasteiger partial charge in [-0.2, -0.15) is 8.78 Å². The monoisotopic (exact) mass is 385 g/mol. The Labute approximate surface area is 153 Å². The molecule has 0 aliphatic rings. The maximum Gasteiger partial charge on any atom is 0.407 e. The number of halogens is 3. The summed E-state index contributed by atoms with van der Waals surface area (Å²) in [6, 6.07) is 11.9. The number of nitrogens with one attached hydrogen (secondary N) is 1. The van der Waals surface area contributed by atoms with Gasteiger partial charge >= 0.3 is 12.7 Å². The van der Waals surface area contributed by atoms with Crippen LogP contribution in [0.5, 0.6) is 5.75 Å². The first-order valence-electron chi connectivity index (χ1n) is 7.92. The lowest BCUT2D eigenvalue weighted by molar-refractivity contribution is -0.0542. The highest BCUT2D eigenvalue weighted by Gasteiger charge is 2.27. The molecule has 0 aromatic heterocycles. The van der Waals surface area contributed by atoms with Crippen molar-refractivity contribution in [2.45, 2.75) is 25.4 Å². The molecule has 0 heterocycles. The molecule has 0 aliphatic heterocycles. The van der Waals surface area contributed by atoms with Gasteiger partial charge in [-0.05, 0) is 17.7 Å². The van der Waals surface area contributed by atoms with Gasteiger partial charge in [0.15, 0.2) is 0 Å². The highest BCUT2D eigenvalue weighted by atomic mass is 19.3. The summed E-state index contributed by atoms with van der Waals surface area (Å²) in [5.74, 6) is -1.64. The zero-order valence-electron chi connectivity index (χ0n) is 14.0. The van der Waals surface area contributed by atoms with Crippen LogP contribution >= 0.6 is 0 Å². The van der Waals surface area contributed by atoms with Crippen molar-refractivity contribution in [3.8, 4) is 5.75 Å². The van der Waals surface area contributed by atoms with E-state index < -0.39 is 48.6 Å². The van der Waals surface area contributed by atoms with Gasteiger partial charge in [0.05, 0.1) is 5.56 Å². The van der Waals surface area contributed by atoms with Crippen LogP contribution in [0.4, 0.5) is 18.0 Å². The van der Waals surface area contributed by atoms with E-state index in [1.165, 1.54) is 0 Å². The molecule has 0 fully saturated rings. The number of aliphatic hydroxyl groups is 2.